The molecule has 0 fully saturated rings. The molecule has 28 heavy (non-hydrogen) atoms. The van der Waals surface area contributed by atoms with Crippen molar-refractivity contribution in [2.24, 2.45) is 5.73 Å². The molecule has 0 aliphatic heterocycles. The normalized spacial score (nSPS) is 11.4. The molecular formula is C19H18ClN3O3S2. The maximum absolute atomic E-state index is 13.2. The summed E-state index contributed by atoms with van der Waals surface area (Å²) in [5.41, 5.74) is 12.1. The van der Waals surface area contributed by atoms with Crippen molar-refractivity contribution < 1.29 is 13.2 Å². The number of nitrogens with two attached hydrogens (primary N) is 2. The van der Waals surface area contributed by atoms with E-state index in [0.29, 0.717) is 23.7 Å². The molecule has 146 valence electrons. The average Bonchev–Trinajstić information content (AvgIpc) is 3.03. The van der Waals surface area contributed by atoms with E-state index in [1.807, 2.05) is 0 Å². The number of anilines is 2. The SMILES string of the molecule is NCCNc1sc(C(=O)c2ccccc2)c(N)c1S(=O)(=O)c1ccc(Cl)cc1. The summed E-state index contributed by atoms with van der Waals surface area (Å²) in [5.74, 6) is -0.337. The lowest BCUT2D eigenvalue weighted by atomic mass is 10.1. The Balaban J connectivity index is 2.15. The fraction of sp³-hybridized carbons (Fsp3) is 0.105. The second kappa shape index (κ2) is 8.32. The highest BCUT2D eigenvalue weighted by molar-refractivity contribution is 7.92. The minimum Gasteiger partial charge on any atom is -0.396 e. The standard InChI is InChI=1S/C19H18ClN3O3S2/c20-13-6-8-14(9-7-13)28(25,26)18-15(22)17(27-19(18)23-11-10-21)16(24)12-4-2-1-3-5-12/h1-9,23H,10-11,21-22H2. The van der Waals surface area contributed by atoms with Crippen molar-refractivity contribution in [2.45, 2.75) is 9.79 Å². The second-order valence-electron chi connectivity index (χ2n) is 5.87. The van der Waals surface area contributed by atoms with Crippen molar-refractivity contribution in [2.75, 3.05) is 24.1 Å². The predicted molar refractivity (Wildman–Crippen MR) is 113 cm³/mol. The summed E-state index contributed by atoms with van der Waals surface area (Å²) in [6.45, 7) is 0.627. The Bertz CT molecular complexity index is 1100. The topological polar surface area (TPSA) is 115 Å². The number of nitrogen functional groups attached to an aromatic ring is 1. The highest BCUT2D eigenvalue weighted by Crippen LogP contribution is 2.42. The number of hydrogen-bond acceptors (Lipinski definition) is 7. The third-order valence-corrected chi connectivity index (χ3v) is 7.36. The van der Waals surface area contributed by atoms with Crippen LogP contribution in [0.15, 0.2) is 64.4 Å². The molecule has 3 aromatic rings. The number of nitrogens with one attached hydrogen (secondary N) is 1. The van der Waals surface area contributed by atoms with Gasteiger partial charge in [0.15, 0.2) is 0 Å². The minimum absolute atomic E-state index is 0.0379. The van der Waals surface area contributed by atoms with E-state index in [1.54, 1.807) is 30.3 Å². The zero-order chi connectivity index (χ0) is 20.3. The molecular weight excluding hydrogens is 418 g/mol. The van der Waals surface area contributed by atoms with E-state index in [2.05, 4.69) is 5.32 Å². The van der Waals surface area contributed by atoms with Crippen molar-refractivity contribution >= 4 is 49.2 Å². The summed E-state index contributed by atoms with van der Waals surface area (Å²) in [6.07, 6.45) is 0. The maximum atomic E-state index is 13.2. The van der Waals surface area contributed by atoms with Gasteiger partial charge in [-0.3, -0.25) is 4.79 Å². The number of rotatable bonds is 7. The van der Waals surface area contributed by atoms with Gasteiger partial charge in [-0.15, -0.1) is 11.3 Å². The first-order chi connectivity index (χ1) is 13.4. The number of carbonyl (C=O) groups is 1. The van der Waals surface area contributed by atoms with E-state index in [0.717, 1.165) is 11.3 Å². The van der Waals surface area contributed by atoms with E-state index in [-0.39, 0.29) is 31.1 Å². The number of carbonyl (C=O) groups excluding carboxylic acids is 1. The molecule has 0 unspecified atom stereocenters. The monoisotopic (exact) mass is 435 g/mol. The predicted octanol–water partition coefficient (Wildman–Crippen LogP) is 3.42. The molecule has 0 saturated heterocycles. The van der Waals surface area contributed by atoms with Crippen LogP contribution in [0.2, 0.25) is 5.02 Å². The summed E-state index contributed by atoms with van der Waals surface area (Å²) in [5, 5.41) is 3.68. The van der Waals surface area contributed by atoms with Gasteiger partial charge in [-0.1, -0.05) is 41.9 Å². The van der Waals surface area contributed by atoms with Crippen LogP contribution in [0.1, 0.15) is 15.2 Å². The van der Waals surface area contributed by atoms with Crippen molar-refractivity contribution in [3.05, 3.63) is 70.1 Å². The molecule has 0 aliphatic carbocycles. The second-order valence-corrected chi connectivity index (χ2v) is 9.21. The lowest BCUT2D eigenvalue weighted by Gasteiger charge is -2.09. The van der Waals surface area contributed by atoms with Crippen molar-refractivity contribution in [3.8, 4) is 0 Å². The van der Waals surface area contributed by atoms with E-state index in [4.69, 9.17) is 23.1 Å². The van der Waals surface area contributed by atoms with Gasteiger partial charge in [0.2, 0.25) is 15.6 Å². The van der Waals surface area contributed by atoms with Crippen LogP contribution in [-0.2, 0) is 9.84 Å². The first-order valence-corrected chi connectivity index (χ1v) is 11.0. The molecule has 3 rings (SSSR count). The van der Waals surface area contributed by atoms with Gasteiger partial charge in [0.05, 0.1) is 10.6 Å². The van der Waals surface area contributed by atoms with Gasteiger partial charge in [0.25, 0.3) is 0 Å². The van der Waals surface area contributed by atoms with Crippen LogP contribution in [-0.4, -0.2) is 27.3 Å². The third kappa shape index (κ3) is 3.90. The van der Waals surface area contributed by atoms with Crippen molar-refractivity contribution in [1.29, 1.82) is 0 Å². The molecule has 1 heterocycles. The van der Waals surface area contributed by atoms with Crippen LogP contribution >= 0.6 is 22.9 Å². The summed E-state index contributed by atoms with van der Waals surface area (Å²) in [7, 11) is -3.97. The largest absolute Gasteiger partial charge is 0.396 e. The number of ketones is 1. The molecule has 0 atom stereocenters. The van der Waals surface area contributed by atoms with Gasteiger partial charge in [0.1, 0.15) is 14.8 Å². The Morgan fingerprint density at radius 1 is 1.07 bits per heavy atom. The lowest BCUT2D eigenvalue weighted by molar-refractivity contribution is 0.104. The van der Waals surface area contributed by atoms with E-state index >= 15 is 0 Å². The van der Waals surface area contributed by atoms with Crippen LogP contribution in [0, 0.1) is 0 Å². The van der Waals surface area contributed by atoms with Gasteiger partial charge in [-0.25, -0.2) is 8.42 Å². The Hall–Kier alpha value is -2.39. The average molecular weight is 436 g/mol. The smallest absolute Gasteiger partial charge is 0.211 e. The molecule has 6 nitrogen and oxygen atoms in total. The van der Waals surface area contributed by atoms with Gasteiger partial charge in [-0.2, -0.15) is 0 Å². The van der Waals surface area contributed by atoms with Gasteiger partial charge in [-0.05, 0) is 24.3 Å². The minimum atomic E-state index is -3.97. The van der Waals surface area contributed by atoms with Crippen LogP contribution in [0.3, 0.4) is 0 Å². The number of thiophene rings is 1. The molecule has 0 bridgehead atoms. The van der Waals surface area contributed by atoms with E-state index < -0.39 is 9.84 Å². The fourth-order valence-electron chi connectivity index (χ4n) is 2.62. The molecule has 0 amide bonds. The Morgan fingerprint density at radius 3 is 2.32 bits per heavy atom. The first kappa shape index (κ1) is 20.3. The molecule has 9 heteroatoms. The molecule has 0 spiro atoms. The summed E-state index contributed by atoms with van der Waals surface area (Å²) >= 11 is 6.87. The fourth-order valence-corrected chi connectivity index (χ4v) is 5.70. The number of hydrogen-bond donors (Lipinski definition) is 3. The summed E-state index contributed by atoms with van der Waals surface area (Å²) in [6, 6.07) is 14.3. The van der Waals surface area contributed by atoms with Crippen LogP contribution < -0.4 is 16.8 Å². The van der Waals surface area contributed by atoms with Crippen LogP contribution in [0.5, 0.6) is 0 Å². The Morgan fingerprint density at radius 2 is 1.71 bits per heavy atom. The lowest BCUT2D eigenvalue weighted by Crippen LogP contribution is -2.14. The van der Waals surface area contributed by atoms with Crippen LogP contribution in [0.25, 0.3) is 0 Å². The van der Waals surface area contributed by atoms with Gasteiger partial charge < -0.3 is 16.8 Å². The quantitative estimate of drug-likeness (QED) is 0.490. The van der Waals surface area contributed by atoms with E-state index in [9.17, 15) is 13.2 Å². The molecule has 2 aromatic carbocycles. The molecule has 0 radical (unpaired) electrons. The highest BCUT2D eigenvalue weighted by Gasteiger charge is 2.31. The molecule has 0 aliphatic rings. The van der Waals surface area contributed by atoms with Crippen LogP contribution in [0.4, 0.5) is 10.7 Å². The maximum Gasteiger partial charge on any atom is 0.211 e. The third-order valence-electron chi connectivity index (χ3n) is 3.96. The first-order valence-electron chi connectivity index (χ1n) is 8.33. The summed E-state index contributed by atoms with van der Waals surface area (Å²) in [4.78, 5) is 13.0. The molecule has 5 N–H and O–H groups in total. The highest BCUT2D eigenvalue weighted by atomic mass is 35.5. The summed E-state index contributed by atoms with van der Waals surface area (Å²) < 4.78 is 26.4. The Kier molecular flexibility index (Phi) is 6.04. The zero-order valence-electron chi connectivity index (χ0n) is 14.7. The molecule has 0 saturated carbocycles. The number of halogens is 1. The number of sulfone groups is 1. The van der Waals surface area contributed by atoms with Gasteiger partial charge >= 0.3 is 0 Å². The molecule has 1 aromatic heterocycles. The van der Waals surface area contributed by atoms with Crippen molar-refractivity contribution in [3.63, 3.8) is 0 Å². The van der Waals surface area contributed by atoms with E-state index in [1.165, 1.54) is 24.3 Å². The van der Waals surface area contributed by atoms with Gasteiger partial charge in [0, 0.05) is 23.7 Å². The zero-order valence-corrected chi connectivity index (χ0v) is 17.1. The number of benzene rings is 2. The Labute approximate surface area is 172 Å². The van der Waals surface area contributed by atoms with Crippen molar-refractivity contribution in [1.82, 2.24) is 0 Å².